The van der Waals surface area contributed by atoms with Crippen molar-refractivity contribution in [3.05, 3.63) is 35.9 Å². The summed E-state index contributed by atoms with van der Waals surface area (Å²) in [6.45, 7) is 6.21. The normalized spacial score (nSPS) is 28.9. The third-order valence-electron chi connectivity index (χ3n) is 3.15. The molecule has 1 aliphatic rings. The Balaban J connectivity index is 2.19. The van der Waals surface area contributed by atoms with E-state index in [1.807, 2.05) is 18.2 Å². The smallest absolute Gasteiger partial charge is 0.132 e. The highest BCUT2D eigenvalue weighted by Gasteiger charge is 2.61. The first-order valence-corrected chi connectivity index (χ1v) is 9.52. The molecule has 2 rings (SSSR count). The Kier molecular flexibility index (Phi) is 2.75. The topological polar surface area (TPSA) is 17.1 Å². The number of hydrogen-bond donors (Lipinski definition) is 0. The van der Waals surface area contributed by atoms with E-state index >= 15 is 0 Å². The minimum atomic E-state index is -1.78. The maximum Gasteiger partial charge on any atom is 0.132 e. The molecule has 16 heavy (non-hydrogen) atoms. The Labute approximate surface area is 103 Å². The molecule has 1 fully saturated rings. The quantitative estimate of drug-likeness (QED) is 0.594. The Morgan fingerprint density at radius 2 is 1.88 bits per heavy atom. The summed E-state index contributed by atoms with van der Waals surface area (Å²) in [4.78, 5) is 11.7. The van der Waals surface area contributed by atoms with Gasteiger partial charge in [-0.05, 0) is 12.0 Å². The van der Waals surface area contributed by atoms with Gasteiger partial charge in [-0.25, -0.2) is 0 Å². The lowest BCUT2D eigenvalue weighted by atomic mass is 10.1. The summed E-state index contributed by atoms with van der Waals surface area (Å²) in [5, 5.41) is 0.301. The zero-order chi connectivity index (χ0) is 12.0. The average molecular weight is 253 g/mol. The second-order valence-corrected chi connectivity index (χ2v) is 11.2. The third kappa shape index (κ3) is 1.96. The fourth-order valence-electron chi connectivity index (χ4n) is 2.18. The first-order valence-electron chi connectivity index (χ1n) is 5.64. The Morgan fingerprint density at radius 1 is 1.31 bits per heavy atom. The fourth-order valence-corrected chi connectivity index (χ4v) is 4.83. The van der Waals surface area contributed by atoms with Gasteiger partial charge in [-0.1, -0.05) is 50.0 Å². The Hall–Kier alpha value is -0.603. The fraction of sp³-hybridized carbons (Fsp3) is 0.462. The van der Waals surface area contributed by atoms with Crippen molar-refractivity contribution in [2.45, 2.75) is 36.9 Å². The summed E-state index contributed by atoms with van der Waals surface area (Å²) in [5.74, 6) is 0.231. The summed E-state index contributed by atoms with van der Waals surface area (Å²) in [7, 11) is -1.78. The van der Waals surface area contributed by atoms with E-state index in [0.29, 0.717) is 5.41 Å². The highest BCUT2D eigenvalue weighted by atomic mass is 35.5. The van der Waals surface area contributed by atoms with Crippen molar-refractivity contribution < 1.29 is 4.79 Å². The minimum Gasteiger partial charge on any atom is -0.303 e. The zero-order valence-electron chi connectivity index (χ0n) is 9.96. The molecule has 0 amide bonds. The summed E-state index contributed by atoms with van der Waals surface area (Å²) in [6, 6.07) is 10.1. The molecule has 0 bridgehead atoms. The molecular weight excluding hydrogens is 236 g/mol. The number of hydrogen-bond acceptors (Lipinski definition) is 1. The maximum atomic E-state index is 12.3. The lowest BCUT2D eigenvalue weighted by Gasteiger charge is -2.19. The van der Waals surface area contributed by atoms with E-state index in [-0.39, 0.29) is 5.92 Å². The van der Waals surface area contributed by atoms with Crippen LogP contribution in [0.25, 0.3) is 0 Å². The molecule has 0 spiro atoms. The van der Waals surface area contributed by atoms with Gasteiger partial charge in [-0.3, -0.25) is 0 Å². The molecule has 1 aromatic rings. The molecule has 0 aromatic heterocycles. The molecule has 2 atom stereocenters. The third-order valence-corrected chi connectivity index (χ3v) is 5.71. The predicted molar refractivity (Wildman–Crippen MR) is 70.7 cm³/mol. The molecule has 86 valence electrons. The molecule has 0 radical (unpaired) electrons. The average Bonchev–Trinajstić information content (AvgIpc) is 2.91. The van der Waals surface area contributed by atoms with Crippen molar-refractivity contribution in [3.63, 3.8) is 0 Å². The van der Waals surface area contributed by atoms with Gasteiger partial charge in [0.25, 0.3) is 0 Å². The van der Waals surface area contributed by atoms with Gasteiger partial charge in [-0.15, -0.1) is 11.6 Å². The van der Waals surface area contributed by atoms with E-state index in [4.69, 9.17) is 11.6 Å². The standard InChI is InChI=1S/C13H17ClOSi/c1-16(2,3)12(15)13(14)9-11(13)10-7-5-4-6-8-10/h4-8,11H,9H2,1-3H3/t11-,13+/m1/s1. The van der Waals surface area contributed by atoms with Crippen LogP contribution in [0.5, 0.6) is 0 Å². The van der Waals surface area contributed by atoms with Gasteiger partial charge in [0, 0.05) is 5.92 Å². The molecule has 0 N–H and O–H groups in total. The summed E-state index contributed by atoms with van der Waals surface area (Å²) < 4.78 is 0. The number of alkyl halides is 1. The molecule has 1 aliphatic carbocycles. The lowest BCUT2D eigenvalue weighted by molar-refractivity contribution is -0.113. The zero-order valence-corrected chi connectivity index (χ0v) is 11.7. The van der Waals surface area contributed by atoms with Gasteiger partial charge in [0.1, 0.15) is 18.4 Å². The van der Waals surface area contributed by atoms with Crippen LogP contribution in [0.3, 0.4) is 0 Å². The molecular formula is C13H17ClOSi. The van der Waals surface area contributed by atoms with Crippen LogP contribution in [-0.4, -0.2) is 18.4 Å². The van der Waals surface area contributed by atoms with Crippen LogP contribution < -0.4 is 0 Å². The summed E-state index contributed by atoms with van der Waals surface area (Å²) in [6.07, 6.45) is 0.807. The van der Waals surface area contributed by atoms with Gasteiger partial charge >= 0.3 is 0 Å². The van der Waals surface area contributed by atoms with Crippen LogP contribution in [0.15, 0.2) is 30.3 Å². The van der Waals surface area contributed by atoms with Crippen molar-refractivity contribution in [1.82, 2.24) is 0 Å². The molecule has 3 heteroatoms. The van der Waals surface area contributed by atoms with Crippen LogP contribution in [0.4, 0.5) is 0 Å². The van der Waals surface area contributed by atoms with E-state index in [2.05, 4.69) is 31.8 Å². The van der Waals surface area contributed by atoms with Crippen molar-refractivity contribution in [1.29, 1.82) is 0 Å². The Morgan fingerprint density at radius 3 is 2.38 bits per heavy atom. The number of benzene rings is 1. The second kappa shape index (κ2) is 3.71. The monoisotopic (exact) mass is 252 g/mol. The summed E-state index contributed by atoms with van der Waals surface area (Å²) >= 11 is 6.47. The van der Waals surface area contributed by atoms with E-state index in [0.717, 1.165) is 6.42 Å². The SMILES string of the molecule is C[Si](C)(C)C(=O)[C@]1(Cl)C[C@@H]1c1ccccc1. The van der Waals surface area contributed by atoms with Gasteiger partial charge in [0.2, 0.25) is 0 Å². The summed E-state index contributed by atoms with van der Waals surface area (Å²) in [5.41, 5.74) is 1.20. The van der Waals surface area contributed by atoms with Crippen LogP contribution >= 0.6 is 11.6 Å². The van der Waals surface area contributed by atoms with E-state index in [1.54, 1.807) is 0 Å². The van der Waals surface area contributed by atoms with Crippen molar-refractivity contribution in [3.8, 4) is 0 Å². The molecule has 1 aromatic carbocycles. The molecule has 0 aliphatic heterocycles. The van der Waals surface area contributed by atoms with Gasteiger partial charge in [-0.2, -0.15) is 0 Å². The number of carbonyl (C=O) groups is 1. The van der Waals surface area contributed by atoms with Crippen LogP contribution in [0.2, 0.25) is 19.6 Å². The molecule has 0 heterocycles. The first kappa shape index (κ1) is 11.9. The van der Waals surface area contributed by atoms with Crippen molar-refractivity contribution >= 4 is 25.1 Å². The van der Waals surface area contributed by atoms with Crippen LogP contribution in [0.1, 0.15) is 17.9 Å². The lowest BCUT2D eigenvalue weighted by Crippen LogP contribution is -2.41. The van der Waals surface area contributed by atoms with Crippen LogP contribution in [-0.2, 0) is 4.79 Å². The predicted octanol–water partition coefficient (Wildman–Crippen LogP) is 3.60. The van der Waals surface area contributed by atoms with E-state index in [9.17, 15) is 4.79 Å². The minimum absolute atomic E-state index is 0.231. The maximum absolute atomic E-state index is 12.3. The molecule has 1 nitrogen and oxygen atoms in total. The highest BCUT2D eigenvalue weighted by Crippen LogP contribution is 2.58. The Bertz CT molecular complexity index is 410. The van der Waals surface area contributed by atoms with Gasteiger partial charge < -0.3 is 4.79 Å². The second-order valence-electron chi connectivity index (χ2n) is 5.61. The first-order chi connectivity index (χ1) is 7.36. The molecule has 0 unspecified atom stereocenters. The molecule has 1 saturated carbocycles. The van der Waals surface area contributed by atoms with Crippen LogP contribution in [0, 0.1) is 0 Å². The van der Waals surface area contributed by atoms with E-state index in [1.165, 1.54) is 5.56 Å². The number of rotatable bonds is 3. The van der Waals surface area contributed by atoms with Gasteiger partial charge in [0.05, 0.1) is 0 Å². The largest absolute Gasteiger partial charge is 0.303 e. The van der Waals surface area contributed by atoms with Crippen molar-refractivity contribution in [2.75, 3.05) is 0 Å². The van der Waals surface area contributed by atoms with E-state index < -0.39 is 12.9 Å². The highest BCUT2D eigenvalue weighted by molar-refractivity contribution is 7.06. The number of halogens is 1. The van der Waals surface area contributed by atoms with Crippen molar-refractivity contribution in [2.24, 2.45) is 0 Å². The van der Waals surface area contributed by atoms with Gasteiger partial charge in [0.15, 0.2) is 0 Å². The number of carbonyl (C=O) groups excluding carboxylic acids is 1. The molecule has 0 saturated heterocycles.